The molecule has 3 aromatic rings. The molecule has 2 aromatic carbocycles. The monoisotopic (exact) mass is 403 g/mol. The van der Waals surface area contributed by atoms with Crippen molar-refractivity contribution >= 4 is 22.7 Å². The lowest BCUT2D eigenvalue weighted by atomic mass is 9.86. The molecule has 6 heteroatoms. The molecule has 0 spiro atoms. The number of fused-ring (bicyclic) bond motifs is 4. The van der Waals surface area contributed by atoms with Crippen LogP contribution < -0.4 is 0 Å². The number of carbonyl (C=O) groups is 2. The summed E-state index contributed by atoms with van der Waals surface area (Å²) in [5.74, 6) is 0.0257. The number of piperazine rings is 1. The zero-order valence-electron chi connectivity index (χ0n) is 17.0. The van der Waals surface area contributed by atoms with Gasteiger partial charge < -0.3 is 19.5 Å². The molecule has 5 rings (SSSR count). The minimum atomic E-state index is -0.481. The lowest BCUT2D eigenvalue weighted by Crippen LogP contribution is -2.63. The van der Waals surface area contributed by atoms with Crippen LogP contribution in [-0.2, 0) is 20.7 Å². The number of rotatable bonds is 5. The smallest absolute Gasteiger partial charge is 0.246 e. The lowest BCUT2D eigenvalue weighted by molar-refractivity contribution is -0.158. The van der Waals surface area contributed by atoms with Crippen molar-refractivity contribution in [3.63, 3.8) is 0 Å². The number of aromatic nitrogens is 1. The van der Waals surface area contributed by atoms with Crippen LogP contribution in [0.5, 0.6) is 0 Å². The molecule has 3 heterocycles. The van der Waals surface area contributed by atoms with Crippen LogP contribution in [-0.4, -0.2) is 59.4 Å². The predicted octanol–water partition coefficient (Wildman–Crippen LogP) is 2.89. The molecule has 2 atom stereocenters. The summed E-state index contributed by atoms with van der Waals surface area (Å²) in [5, 5.41) is 1.13. The first kappa shape index (κ1) is 18.9. The van der Waals surface area contributed by atoms with Crippen molar-refractivity contribution < 1.29 is 14.3 Å². The minimum absolute atomic E-state index is 0.00447. The van der Waals surface area contributed by atoms with Gasteiger partial charge >= 0.3 is 0 Å². The summed E-state index contributed by atoms with van der Waals surface area (Å²) in [6, 6.07) is 17.4. The van der Waals surface area contributed by atoms with E-state index in [4.69, 9.17) is 4.74 Å². The number of aromatic amines is 1. The number of H-pyrrole nitrogens is 1. The van der Waals surface area contributed by atoms with Gasteiger partial charge in [0.2, 0.25) is 11.8 Å². The van der Waals surface area contributed by atoms with E-state index in [0.717, 1.165) is 34.1 Å². The third kappa shape index (κ3) is 2.99. The van der Waals surface area contributed by atoms with Crippen LogP contribution >= 0.6 is 0 Å². The Morgan fingerprint density at radius 3 is 2.63 bits per heavy atom. The van der Waals surface area contributed by atoms with Gasteiger partial charge in [-0.25, -0.2) is 0 Å². The number of methoxy groups -OCH3 is 1. The van der Waals surface area contributed by atoms with Gasteiger partial charge in [0.05, 0.1) is 12.6 Å². The Hall–Kier alpha value is -3.12. The summed E-state index contributed by atoms with van der Waals surface area (Å²) in [6.07, 6.45) is 1.26. The molecular weight excluding hydrogens is 378 g/mol. The molecule has 1 saturated heterocycles. The third-order valence-corrected chi connectivity index (χ3v) is 6.23. The van der Waals surface area contributed by atoms with Crippen molar-refractivity contribution in [2.45, 2.75) is 24.9 Å². The maximum atomic E-state index is 13.4. The number of para-hydroxylation sites is 1. The average molecular weight is 403 g/mol. The second kappa shape index (κ2) is 7.61. The van der Waals surface area contributed by atoms with Gasteiger partial charge in [-0.15, -0.1) is 0 Å². The molecule has 0 bridgehead atoms. The van der Waals surface area contributed by atoms with Crippen molar-refractivity contribution in [1.82, 2.24) is 14.8 Å². The van der Waals surface area contributed by atoms with E-state index in [1.807, 2.05) is 47.4 Å². The van der Waals surface area contributed by atoms with Crippen LogP contribution in [0.4, 0.5) is 0 Å². The number of benzene rings is 2. The Bertz CT molecular complexity index is 1090. The SMILES string of the molecule is COCCCN1CC(=O)N2[C@@H](c3ccccc3)c3[nH]c4ccccc4c3C[C@H]2C1=O. The number of hydrogen-bond acceptors (Lipinski definition) is 3. The van der Waals surface area contributed by atoms with E-state index < -0.39 is 6.04 Å². The van der Waals surface area contributed by atoms with Gasteiger partial charge in [0, 0.05) is 43.3 Å². The minimum Gasteiger partial charge on any atom is -0.385 e. The molecule has 1 N–H and O–H groups in total. The molecule has 1 fully saturated rings. The highest BCUT2D eigenvalue weighted by Crippen LogP contribution is 2.42. The maximum Gasteiger partial charge on any atom is 0.246 e. The van der Waals surface area contributed by atoms with Gasteiger partial charge in [-0.1, -0.05) is 48.5 Å². The highest BCUT2D eigenvalue weighted by molar-refractivity contribution is 5.97. The fourth-order valence-corrected chi connectivity index (χ4v) is 4.89. The van der Waals surface area contributed by atoms with Crippen molar-refractivity contribution in [3.05, 3.63) is 71.4 Å². The van der Waals surface area contributed by atoms with Crippen molar-refractivity contribution in [1.29, 1.82) is 0 Å². The summed E-state index contributed by atoms with van der Waals surface area (Å²) in [6.45, 7) is 1.24. The van der Waals surface area contributed by atoms with Crippen LogP contribution in [0.3, 0.4) is 0 Å². The van der Waals surface area contributed by atoms with Crippen molar-refractivity contribution in [2.24, 2.45) is 0 Å². The molecular formula is C24H25N3O3. The van der Waals surface area contributed by atoms with Crippen LogP contribution in [0.25, 0.3) is 10.9 Å². The van der Waals surface area contributed by atoms with E-state index >= 15 is 0 Å². The Morgan fingerprint density at radius 1 is 1.07 bits per heavy atom. The van der Waals surface area contributed by atoms with Gasteiger partial charge in [-0.05, 0) is 23.6 Å². The molecule has 1 aromatic heterocycles. The molecule has 0 saturated carbocycles. The van der Waals surface area contributed by atoms with Crippen LogP contribution in [0, 0.1) is 0 Å². The zero-order valence-corrected chi connectivity index (χ0v) is 17.0. The molecule has 2 aliphatic heterocycles. The van der Waals surface area contributed by atoms with Gasteiger partial charge in [0.25, 0.3) is 0 Å². The van der Waals surface area contributed by atoms with Crippen molar-refractivity contribution in [2.75, 3.05) is 26.8 Å². The van der Waals surface area contributed by atoms with E-state index in [0.29, 0.717) is 19.6 Å². The Labute approximate surface area is 175 Å². The topological polar surface area (TPSA) is 65.6 Å². The number of hydrogen-bond donors (Lipinski definition) is 1. The largest absolute Gasteiger partial charge is 0.385 e. The summed E-state index contributed by atoms with van der Waals surface area (Å²) < 4.78 is 5.12. The fourth-order valence-electron chi connectivity index (χ4n) is 4.89. The summed E-state index contributed by atoms with van der Waals surface area (Å²) >= 11 is 0. The molecule has 2 aliphatic rings. The molecule has 2 amide bonds. The number of nitrogens with one attached hydrogen (secondary N) is 1. The molecule has 0 aliphatic carbocycles. The summed E-state index contributed by atoms with van der Waals surface area (Å²) in [5.41, 5.74) is 4.22. The molecule has 6 nitrogen and oxygen atoms in total. The molecule has 0 unspecified atom stereocenters. The highest BCUT2D eigenvalue weighted by atomic mass is 16.5. The van der Waals surface area contributed by atoms with Gasteiger partial charge in [-0.2, -0.15) is 0 Å². The molecule has 0 radical (unpaired) electrons. The van der Waals surface area contributed by atoms with E-state index in [9.17, 15) is 9.59 Å². The first-order valence-corrected chi connectivity index (χ1v) is 10.4. The first-order valence-electron chi connectivity index (χ1n) is 10.4. The number of amides is 2. The van der Waals surface area contributed by atoms with E-state index in [1.54, 1.807) is 12.0 Å². The van der Waals surface area contributed by atoms with Crippen LogP contribution in [0.15, 0.2) is 54.6 Å². The van der Waals surface area contributed by atoms with Crippen molar-refractivity contribution in [3.8, 4) is 0 Å². The standard InChI is InChI=1S/C24H25N3O3/c1-30-13-7-12-26-15-21(28)27-20(24(26)29)14-18-17-10-5-6-11-19(17)25-22(18)23(27)16-8-3-2-4-9-16/h2-6,8-11,20,23,25H,7,12-15H2,1H3/t20-,23-/m0/s1. The Balaban J connectivity index is 1.61. The Kier molecular flexibility index (Phi) is 4.79. The van der Waals surface area contributed by atoms with Gasteiger partial charge in [-0.3, -0.25) is 9.59 Å². The third-order valence-electron chi connectivity index (χ3n) is 6.23. The number of ether oxygens (including phenoxy) is 1. The average Bonchev–Trinajstić information content (AvgIpc) is 3.15. The summed E-state index contributed by atoms with van der Waals surface area (Å²) in [4.78, 5) is 33.8. The first-order chi connectivity index (χ1) is 14.7. The van der Waals surface area contributed by atoms with E-state index in [2.05, 4.69) is 17.1 Å². The highest BCUT2D eigenvalue weighted by Gasteiger charge is 2.47. The fraction of sp³-hybridized carbons (Fsp3) is 0.333. The normalized spacial score (nSPS) is 21.1. The maximum absolute atomic E-state index is 13.4. The van der Waals surface area contributed by atoms with Crippen LogP contribution in [0.2, 0.25) is 0 Å². The van der Waals surface area contributed by atoms with E-state index in [-0.39, 0.29) is 24.4 Å². The molecule has 30 heavy (non-hydrogen) atoms. The Morgan fingerprint density at radius 2 is 1.83 bits per heavy atom. The summed E-state index contributed by atoms with van der Waals surface area (Å²) in [7, 11) is 1.65. The lowest BCUT2D eigenvalue weighted by Gasteiger charge is -2.47. The molecule has 154 valence electrons. The second-order valence-corrected chi connectivity index (χ2v) is 8.00. The quantitative estimate of drug-likeness (QED) is 0.666. The van der Waals surface area contributed by atoms with Gasteiger partial charge in [0.1, 0.15) is 6.04 Å². The zero-order chi connectivity index (χ0) is 20.7. The van der Waals surface area contributed by atoms with Gasteiger partial charge in [0.15, 0.2) is 0 Å². The number of carbonyl (C=O) groups excluding carboxylic acids is 2. The van der Waals surface area contributed by atoms with Crippen LogP contribution in [0.1, 0.15) is 29.3 Å². The predicted molar refractivity (Wildman–Crippen MR) is 114 cm³/mol. The van der Waals surface area contributed by atoms with E-state index in [1.165, 1.54) is 0 Å². The second-order valence-electron chi connectivity index (χ2n) is 8.00. The number of nitrogens with zero attached hydrogens (tertiary/aromatic N) is 2.